The van der Waals surface area contributed by atoms with Crippen molar-refractivity contribution < 1.29 is 14.2 Å². The summed E-state index contributed by atoms with van der Waals surface area (Å²) in [7, 11) is 1.62. The van der Waals surface area contributed by atoms with Gasteiger partial charge in [0.15, 0.2) is 0 Å². The van der Waals surface area contributed by atoms with Crippen LogP contribution in [0.1, 0.15) is 30.9 Å². The summed E-state index contributed by atoms with van der Waals surface area (Å²) in [4.78, 5) is 31.4. The first-order valence-corrected chi connectivity index (χ1v) is 11.5. The summed E-state index contributed by atoms with van der Waals surface area (Å²) in [6, 6.07) is 7.88. The number of piperidine rings is 1. The molecule has 1 aliphatic rings. The van der Waals surface area contributed by atoms with Gasteiger partial charge in [-0.1, -0.05) is 0 Å². The summed E-state index contributed by atoms with van der Waals surface area (Å²) in [5.41, 5.74) is 0.0805. The van der Waals surface area contributed by atoms with Crippen molar-refractivity contribution in [3.63, 3.8) is 0 Å². The number of hydrogen-bond donors (Lipinski definition) is 3. The standard InChI is InChI=1S/C24H30FN5O4/c1-34-17-3-4-21-19(13-17)18(5-9-27-21)22(31)15-29-11-6-16(7-12-29)26-8-2-10-30-14-20(25)23(32)28-24(30)33/h3-5,9,13-14,16,22,26,31H,2,6-8,10-12,15H2,1H3,(H,28,32,33)/t22-/m0/s1. The molecular formula is C24H30FN5O4. The van der Waals surface area contributed by atoms with E-state index in [9.17, 15) is 19.1 Å². The Morgan fingerprint density at radius 3 is 2.85 bits per heavy atom. The Balaban J connectivity index is 1.24. The van der Waals surface area contributed by atoms with Gasteiger partial charge in [0.25, 0.3) is 5.56 Å². The first-order chi connectivity index (χ1) is 16.4. The zero-order valence-electron chi connectivity index (χ0n) is 19.2. The van der Waals surface area contributed by atoms with Crippen molar-refractivity contribution in [3.8, 4) is 5.75 Å². The normalized spacial score (nSPS) is 16.1. The molecule has 3 N–H and O–H groups in total. The molecule has 3 heterocycles. The average molecular weight is 472 g/mol. The highest BCUT2D eigenvalue weighted by Crippen LogP contribution is 2.27. The van der Waals surface area contributed by atoms with E-state index in [1.165, 1.54) is 4.57 Å². The summed E-state index contributed by atoms with van der Waals surface area (Å²) in [5.74, 6) is -0.225. The minimum Gasteiger partial charge on any atom is -0.497 e. The summed E-state index contributed by atoms with van der Waals surface area (Å²) in [5, 5.41) is 15.3. The molecule has 34 heavy (non-hydrogen) atoms. The number of likely N-dealkylation sites (tertiary alicyclic amines) is 1. The third-order valence-corrected chi connectivity index (χ3v) is 6.34. The highest BCUT2D eigenvalue weighted by Gasteiger charge is 2.22. The van der Waals surface area contributed by atoms with Crippen LogP contribution in [0, 0.1) is 5.82 Å². The Morgan fingerprint density at radius 1 is 1.29 bits per heavy atom. The van der Waals surface area contributed by atoms with Crippen LogP contribution in [0.3, 0.4) is 0 Å². The van der Waals surface area contributed by atoms with Crippen LogP contribution in [-0.4, -0.2) is 63.9 Å². The number of aliphatic hydroxyl groups is 1. The predicted molar refractivity (Wildman–Crippen MR) is 127 cm³/mol. The van der Waals surface area contributed by atoms with Gasteiger partial charge in [0.1, 0.15) is 5.75 Å². The number of hydrogen-bond acceptors (Lipinski definition) is 7. The number of nitrogens with one attached hydrogen (secondary N) is 2. The van der Waals surface area contributed by atoms with Crippen LogP contribution < -0.4 is 21.3 Å². The van der Waals surface area contributed by atoms with Crippen molar-refractivity contribution in [3.05, 3.63) is 68.9 Å². The summed E-state index contributed by atoms with van der Waals surface area (Å²) < 4.78 is 19.9. The van der Waals surface area contributed by atoms with Gasteiger partial charge in [-0.25, -0.2) is 4.79 Å². The maximum Gasteiger partial charge on any atom is 0.328 e. The van der Waals surface area contributed by atoms with E-state index < -0.39 is 23.2 Å². The lowest BCUT2D eigenvalue weighted by molar-refractivity contribution is 0.0950. The number of nitrogens with zero attached hydrogens (tertiary/aromatic N) is 3. The molecule has 1 aliphatic heterocycles. The molecule has 4 rings (SSSR count). The Bertz CT molecular complexity index is 1240. The first kappa shape index (κ1) is 24.1. The van der Waals surface area contributed by atoms with Crippen LogP contribution in [0.2, 0.25) is 0 Å². The maximum atomic E-state index is 13.4. The van der Waals surface area contributed by atoms with Crippen LogP contribution in [0.5, 0.6) is 5.75 Å². The molecule has 2 aromatic heterocycles. The lowest BCUT2D eigenvalue weighted by Crippen LogP contribution is -2.44. The molecule has 1 saturated heterocycles. The first-order valence-electron chi connectivity index (χ1n) is 11.5. The van der Waals surface area contributed by atoms with Gasteiger partial charge < -0.3 is 20.1 Å². The van der Waals surface area contributed by atoms with E-state index in [4.69, 9.17) is 4.74 Å². The number of aliphatic hydroxyl groups excluding tert-OH is 1. The number of rotatable bonds is 9. The number of methoxy groups -OCH3 is 1. The minimum atomic E-state index is -0.993. The highest BCUT2D eigenvalue weighted by molar-refractivity contribution is 5.83. The molecule has 1 aromatic carbocycles. The third kappa shape index (κ3) is 5.69. The van der Waals surface area contributed by atoms with Gasteiger partial charge in [-0.05, 0) is 68.7 Å². The van der Waals surface area contributed by atoms with E-state index in [-0.39, 0.29) is 0 Å². The van der Waals surface area contributed by atoms with Gasteiger partial charge in [0.2, 0.25) is 5.82 Å². The Hall–Kier alpha value is -3.08. The molecular weight excluding hydrogens is 441 g/mol. The van der Waals surface area contributed by atoms with Gasteiger partial charge in [0, 0.05) is 30.7 Å². The van der Waals surface area contributed by atoms with E-state index >= 15 is 0 Å². The van der Waals surface area contributed by atoms with Gasteiger partial charge in [-0.3, -0.25) is 19.3 Å². The summed E-state index contributed by atoms with van der Waals surface area (Å²) in [6.45, 7) is 3.29. The average Bonchev–Trinajstić information content (AvgIpc) is 2.85. The maximum absolute atomic E-state index is 13.4. The van der Waals surface area contributed by atoms with Crippen LogP contribution in [0.4, 0.5) is 4.39 Å². The topological polar surface area (TPSA) is 112 Å². The molecule has 182 valence electrons. The van der Waals surface area contributed by atoms with Gasteiger partial charge in [-0.15, -0.1) is 0 Å². The molecule has 0 aliphatic carbocycles. The SMILES string of the molecule is COc1ccc2nccc([C@@H](O)CN3CCC(NCCCn4cc(F)c(=O)[nH]c4=O)CC3)c2c1. The fraction of sp³-hybridized carbons (Fsp3) is 0.458. The number of aromatic amines is 1. The van der Waals surface area contributed by atoms with E-state index in [1.54, 1.807) is 13.3 Å². The van der Waals surface area contributed by atoms with Gasteiger partial charge >= 0.3 is 5.69 Å². The number of aryl methyl sites for hydroxylation is 1. The van der Waals surface area contributed by atoms with Crippen molar-refractivity contribution >= 4 is 10.9 Å². The van der Waals surface area contributed by atoms with Gasteiger partial charge in [0.05, 0.1) is 24.9 Å². The molecule has 3 aromatic rings. The molecule has 0 radical (unpaired) electrons. The second kappa shape index (κ2) is 10.9. The molecule has 1 atom stereocenters. The molecule has 0 spiro atoms. The van der Waals surface area contributed by atoms with Gasteiger partial charge in [-0.2, -0.15) is 4.39 Å². The van der Waals surface area contributed by atoms with Crippen LogP contribution in [-0.2, 0) is 6.54 Å². The molecule has 0 unspecified atom stereocenters. The number of ether oxygens (including phenoxy) is 1. The largest absolute Gasteiger partial charge is 0.497 e. The van der Waals surface area contributed by atoms with Crippen molar-refractivity contribution in [2.75, 3.05) is 33.3 Å². The number of H-pyrrole nitrogens is 1. The van der Waals surface area contributed by atoms with Crippen LogP contribution in [0.25, 0.3) is 10.9 Å². The predicted octanol–water partition coefficient (Wildman–Crippen LogP) is 1.41. The monoisotopic (exact) mass is 471 g/mol. The van der Waals surface area contributed by atoms with Crippen molar-refractivity contribution in [2.45, 2.75) is 38.0 Å². The molecule has 1 fully saturated rings. The fourth-order valence-corrected chi connectivity index (χ4v) is 4.43. The molecule has 0 saturated carbocycles. The lowest BCUT2D eigenvalue weighted by Gasteiger charge is -2.33. The lowest BCUT2D eigenvalue weighted by atomic mass is 10.0. The zero-order chi connectivity index (χ0) is 24.1. The number of β-amino-alcohol motifs (C(OH)–C–C–N with tert-alkyl or cyclic N) is 1. The smallest absolute Gasteiger partial charge is 0.328 e. The van der Waals surface area contributed by atoms with Crippen molar-refractivity contribution in [1.29, 1.82) is 0 Å². The van der Waals surface area contributed by atoms with Crippen molar-refractivity contribution in [1.82, 2.24) is 24.8 Å². The second-order valence-electron chi connectivity index (χ2n) is 8.61. The van der Waals surface area contributed by atoms with Crippen LogP contribution >= 0.6 is 0 Å². The number of pyridine rings is 1. The summed E-state index contributed by atoms with van der Waals surface area (Å²) >= 11 is 0. The summed E-state index contributed by atoms with van der Waals surface area (Å²) in [6.07, 6.45) is 4.59. The number of halogens is 1. The fourth-order valence-electron chi connectivity index (χ4n) is 4.43. The number of fused-ring (bicyclic) bond motifs is 1. The molecule has 0 amide bonds. The Morgan fingerprint density at radius 2 is 2.09 bits per heavy atom. The van der Waals surface area contributed by atoms with E-state index in [0.717, 1.165) is 54.3 Å². The van der Waals surface area contributed by atoms with E-state index in [1.807, 2.05) is 29.2 Å². The minimum absolute atomic E-state index is 0.329. The van der Waals surface area contributed by atoms with E-state index in [2.05, 4.69) is 15.2 Å². The Kier molecular flexibility index (Phi) is 7.71. The third-order valence-electron chi connectivity index (χ3n) is 6.34. The molecule has 9 nitrogen and oxygen atoms in total. The van der Waals surface area contributed by atoms with Crippen LogP contribution in [0.15, 0.2) is 46.2 Å². The zero-order valence-corrected chi connectivity index (χ0v) is 19.2. The quantitative estimate of drug-likeness (QED) is 0.405. The Labute approximate surface area is 196 Å². The van der Waals surface area contributed by atoms with Crippen molar-refractivity contribution in [2.24, 2.45) is 0 Å². The highest BCUT2D eigenvalue weighted by atomic mass is 19.1. The molecule has 10 heteroatoms. The molecule has 0 bridgehead atoms. The van der Waals surface area contributed by atoms with E-state index in [0.29, 0.717) is 32.1 Å². The second-order valence-corrected chi connectivity index (χ2v) is 8.61. The number of aromatic nitrogens is 3. The number of benzene rings is 1.